The van der Waals surface area contributed by atoms with Gasteiger partial charge in [0.25, 0.3) is 5.91 Å². The fraction of sp³-hybridized carbons (Fsp3) is 0.292. The average molecular weight is 493 g/mol. The molecule has 0 saturated heterocycles. The smallest absolute Gasteiger partial charge is 0.416 e. The monoisotopic (exact) mass is 493 g/mol. The first-order valence-electron chi connectivity index (χ1n) is 10.2. The van der Waals surface area contributed by atoms with Crippen LogP contribution in [0.2, 0.25) is 0 Å². The van der Waals surface area contributed by atoms with Gasteiger partial charge in [0.15, 0.2) is 5.54 Å². The first kappa shape index (κ1) is 25.6. The Balaban J connectivity index is 1.97. The number of carbonyl (C=O) groups is 1. The average Bonchev–Trinajstić information content (AvgIpc) is 2.80. The molecule has 11 heteroatoms. The van der Waals surface area contributed by atoms with Crippen molar-refractivity contribution in [2.75, 3.05) is 6.61 Å². The minimum absolute atomic E-state index is 0.0607. The van der Waals surface area contributed by atoms with E-state index in [4.69, 9.17) is 10.00 Å². The molecule has 35 heavy (non-hydrogen) atoms. The number of rotatable bonds is 6. The molecule has 5 nitrogen and oxygen atoms in total. The quantitative estimate of drug-likeness (QED) is 0.423. The number of carbonyl (C=O) groups excluding carboxylic acids is 1. The standard InChI is InChI=1S/C24H17F6N3O2/c25-23(26,27)9-2-10-35-18-7-5-17(6-8-18)22(24(28,29)30)12-19(20(14-32)21(34)33-22)16-4-1-3-15(11-16)13-31/h1,3-8,11H,2,9-10,12H2,(H,33,34). The van der Waals surface area contributed by atoms with Crippen molar-refractivity contribution in [2.24, 2.45) is 0 Å². The number of hydrogen-bond donors (Lipinski definition) is 1. The summed E-state index contributed by atoms with van der Waals surface area (Å²) < 4.78 is 85.3. The third-order valence-electron chi connectivity index (χ3n) is 5.45. The summed E-state index contributed by atoms with van der Waals surface area (Å²) in [7, 11) is 0. The van der Waals surface area contributed by atoms with Gasteiger partial charge in [-0.05, 0) is 47.4 Å². The van der Waals surface area contributed by atoms with E-state index in [1.54, 1.807) is 6.07 Å². The minimum atomic E-state index is -4.99. The highest BCUT2D eigenvalue weighted by molar-refractivity contribution is 6.07. The number of benzene rings is 2. The van der Waals surface area contributed by atoms with Gasteiger partial charge >= 0.3 is 12.4 Å². The van der Waals surface area contributed by atoms with Crippen molar-refractivity contribution in [3.8, 4) is 17.9 Å². The predicted molar refractivity (Wildman–Crippen MR) is 111 cm³/mol. The number of nitrogens with one attached hydrogen (secondary N) is 1. The zero-order valence-electron chi connectivity index (χ0n) is 17.9. The van der Waals surface area contributed by atoms with Crippen LogP contribution < -0.4 is 10.1 Å². The highest BCUT2D eigenvalue weighted by Gasteiger charge is 2.59. The molecule has 2 aromatic carbocycles. The first-order chi connectivity index (χ1) is 16.4. The lowest BCUT2D eigenvalue weighted by molar-refractivity contribution is -0.201. The van der Waals surface area contributed by atoms with Crippen LogP contribution in [0.4, 0.5) is 26.3 Å². The third kappa shape index (κ3) is 5.57. The lowest BCUT2D eigenvalue weighted by Crippen LogP contribution is -2.58. The van der Waals surface area contributed by atoms with Gasteiger partial charge in [-0.2, -0.15) is 36.9 Å². The number of halogens is 6. The van der Waals surface area contributed by atoms with Crippen molar-refractivity contribution < 1.29 is 35.9 Å². The molecule has 0 bridgehead atoms. The van der Waals surface area contributed by atoms with Gasteiger partial charge in [-0.25, -0.2) is 0 Å². The SMILES string of the molecule is N#CC1=C(c2cccc(C#N)c2)CC(c2ccc(OCCCC(F)(F)F)cc2)(C(F)(F)F)NC1=O. The lowest BCUT2D eigenvalue weighted by atomic mass is 9.76. The van der Waals surface area contributed by atoms with Crippen LogP contribution in [0.1, 0.15) is 36.0 Å². The lowest BCUT2D eigenvalue weighted by Gasteiger charge is -2.40. The number of ether oxygens (including phenoxy) is 1. The second-order valence-corrected chi connectivity index (χ2v) is 7.78. The predicted octanol–water partition coefficient (Wildman–Crippen LogP) is 5.53. The molecule has 1 unspecified atom stereocenters. The summed E-state index contributed by atoms with van der Waals surface area (Å²) in [4.78, 5) is 12.6. The molecule has 0 radical (unpaired) electrons. The molecule has 0 aromatic heterocycles. The molecular formula is C24H17F6N3O2. The van der Waals surface area contributed by atoms with Crippen LogP contribution in [0.25, 0.3) is 5.57 Å². The molecule has 1 aliphatic rings. The van der Waals surface area contributed by atoms with E-state index in [2.05, 4.69) is 0 Å². The van der Waals surface area contributed by atoms with Gasteiger partial charge in [-0.1, -0.05) is 24.3 Å². The Morgan fingerprint density at radius 3 is 2.26 bits per heavy atom. The summed E-state index contributed by atoms with van der Waals surface area (Å²) in [6.45, 7) is -0.284. The van der Waals surface area contributed by atoms with E-state index in [9.17, 15) is 36.4 Å². The number of amides is 1. The minimum Gasteiger partial charge on any atom is -0.494 e. The molecule has 3 rings (SSSR count). The molecule has 0 aliphatic carbocycles. The maximum absolute atomic E-state index is 14.5. The fourth-order valence-corrected chi connectivity index (χ4v) is 3.74. The zero-order valence-corrected chi connectivity index (χ0v) is 17.9. The third-order valence-corrected chi connectivity index (χ3v) is 5.45. The van der Waals surface area contributed by atoms with E-state index in [1.807, 2.05) is 11.4 Å². The zero-order chi connectivity index (χ0) is 25.9. The van der Waals surface area contributed by atoms with E-state index >= 15 is 0 Å². The summed E-state index contributed by atoms with van der Waals surface area (Å²) in [5.74, 6) is -1.16. The van der Waals surface area contributed by atoms with Crippen molar-refractivity contribution in [1.82, 2.24) is 5.32 Å². The van der Waals surface area contributed by atoms with Crippen LogP contribution >= 0.6 is 0 Å². The molecule has 1 aliphatic heterocycles. The van der Waals surface area contributed by atoms with Crippen LogP contribution in [-0.4, -0.2) is 24.9 Å². The van der Waals surface area contributed by atoms with Crippen LogP contribution in [0.15, 0.2) is 54.1 Å². The second-order valence-electron chi connectivity index (χ2n) is 7.78. The summed E-state index contributed by atoms with van der Waals surface area (Å²) in [5, 5.41) is 20.5. The molecule has 1 heterocycles. The van der Waals surface area contributed by atoms with E-state index in [-0.39, 0.29) is 41.0 Å². The highest BCUT2D eigenvalue weighted by atomic mass is 19.4. The summed E-state index contributed by atoms with van der Waals surface area (Å²) in [6, 6.07) is 13.5. The normalized spacial score (nSPS) is 18.5. The van der Waals surface area contributed by atoms with Crippen LogP contribution in [0.3, 0.4) is 0 Å². The molecule has 1 atom stereocenters. The molecule has 1 amide bonds. The number of nitriles is 2. The Morgan fingerprint density at radius 2 is 1.69 bits per heavy atom. The molecule has 0 saturated carbocycles. The fourth-order valence-electron chi connectivity index (χ4n) is 3.74. The van der Waals surface area contributed by atoms with Gasteiger partial charge < -0.3 is 10.1 Å². The van der Waals surface area contributed by atoms with Gasteiger partial charge in [0, 0.05) is 12.8 Å². The number of alkyl halides is 6. The Labute approximate surface area is 196 Å². The van der Waals surface area contributed by atoms with Crippen molar-refractivity contribution in [1.29, 1.82) is 10.5 Å². The van der Waals surface area contributed by atoms with Crippen LogP contribution in [0.5, 0.6) is 5.75 Å². The van der Waals surface area contributed by atoms with Crippen molar-refractivity contribution >= 4 is 11.5 Å². The van der Waals surface area contributed by atoms with E-state index < -0.39 is 42.2 Å². The Hall–Kier alpha value is -3.99. The van der Waals surface area contributed by atoms with Crippen molar-refractivity contribution in [3.63, 3.8) is 0 Å². The summed E-state index contributed by atoms with van der Waals surface area (Å²) >= 11 is 0. The summed E-state index contributed by atoms with van der Waals surface area (Å²) in [5.41, 5.74) is -3.64. The van der Waals surface area contributed by atoms with E-state index in [1.165, 1.54) is 36.4 Å². The maximum atomic E-state index is 14.5. The Kier molecular flexibility index (Phi) is 7.11. The number of nitrogens with zero attached hydrogens (tertiary/aromatic N) is 2. The molecule has 2 aromatic rings. The molecular weight excluding hydrogens is 476 g/mol. The van der Waals surface area contributed by atoms with Crippen molar-refractivity contribution in [2.45, 2.75) is 37.2 Å². The van der Waals surface area contributed by atoms with Gasteiger partial charge in [-0.15, -0.1) is 0 Å². The molecule has 1 N–H and O–H groups in total. The Bertz CT molecular complexity index is 1220. The maximum Gasteiger partial charge on any atom is 0.416 e. The van der Waals surface area contributed by atoms with Crippen molar-refractivity contribution in [3.05, 3.63) is 70.8 Å². The van der Waals surface area contributed by atoms with E-state index in [0.29, 0.717) is 0 Å². The van der Waals surface area contributed by atoms with Gasteiger partial charge in [0.1, 0.15) is 17.4 Å². The van der Waals surface area contributed by atoms with Gasteiger partial charge in [-0.3, -0.25) is 4.79 Å². The second kappa shape index (κ2) is 9.71. The van der Waals surface area contributed by atoms with Crippen LogP contribution in [0, 0.1) is 22.7 Å². The van der Waals surface area contributed by atoms with Gasteiger partial charge in [0.2, 0.25) is 0 Å². The first-order valence-corrected chi connectivity index (χ1v) is 10.2. The van der Waals surface area contributed by atoms with E-state index in [0.717, 1.165) is 12.1 Å². The topological polar surface area (TPSA) is 85.9 Å². The van der Waals surface area contributed by atoms with Gasteiger partial charge in [0.05, 0.1) is 18.2 Å². The van der Waals surface area contributed by atoms with Crippen LogP contribution in [-0.2, 0) is 10.3 Å². The summed E-state index contributed by atoms with van der Waals surface area (Å²) in [6.07, 6.45) is -11.5. The number of hydrogen-bond acceptors (Lipinski definition) is 4. The molecule has 0 spiro atoms. The largest absolute Gasteiger partial charge is 0.494 e. The molecule has 182 valence electrons. The Morgan fingerprint density at radius 1 is 1.00 bits per heavy atom. The highest BCUT2D eigenvalue weighted by Crippen LogP contribution is 2.48. The molecule has 0 fully saturated rings.